The zero-order chi connectivity index (χ0) is 32.6. The molecule has 2 aromatic rings. The molecule has 0 amide bonds. The molecular formula is C30H42KO11PS. The van der Waals surface area contributed by atoms with Crippen LogP contribution in [0.25, 0.3) is 0 Å². The summed E-state index contributed by atoms with van der Waals surface area (Å²) in [6.07, 6.45) is -3.16. The van der Waals surface area contributed by atoms with Crippen LogP contribution in [0, 0.1) is 10.8 Å². The molecule has 0 fully saturated rings. The first-order valence-corrected chi connectivity index (χ1v) is 16.9. The molecule has 44 heavy (non-hydrogen) atoms. The van der Waals surface area contributed by atoms with Crippen LogP contribution < -0.4 is 56.1 Å². The molecule has 11 nitrogen and oxygen atoms in total. The van der Waals surface area contributed by atoms with E-state index in [4.69, 9.17) is 23.3 Å². The molecule has 0 saturated heterocycles. The molecule has 0 heterocycles. The van der Waals surface area contributed by atoms with Gasteiger partial charge < -0.3 is 18.8 Å². The molecule has 0 saturated carbocycles. The van der Waals surface area contributed by atoms with E-state index in [1.54, 1.807) is 77.9 Å². The number of benzene rings is 2. The van der Waals surface area contributed by atoms with E-state index in [-0.39, 0.29) is 57.8 Å². The first kappa shape index (κ1) is 40.9. The minimum absolute atomic E-state index is 0. The number of rotatable bonds is 14. The number of carbonyl (C=O) groups excluding carboxylic acids is 2. The van der Waals surface area contributed by atoms with Crippen LogP contribution in [0.15, 0.2) is 54.6 Å². The Bertz CT molecular complexity index is 1350. The Morgan fingerprint density at radius 3 is 1.75 bits per heavy atom. The summed E-state index contributed by atoms with van der Waals surface area (Å²) < 4.78 is 78.6. The van der Waals surface area contributed by atoms with Crippen LogP contribution in [-0.4, -0.2) is 42.5 Å². The van der Waals surface area contributed by atoms with Crippen LogP contribution in [0.3, 0.4) is 0 Å². The Morgan fingerprint density at radius 2 is 1.30 bits per heavy atom. The zero-order valence-electron chi connectivity index (χ0n) is 26.9. The second-order valence-electron chi connectivity index (χ2n) is 12.1. The van der Waals surface area contributed by atoms with E-state index in [1.165, 1.54) is 13.8 Å². The monoisotopic (exact) mass is 680 g/mol. The molecule has 0 aliphatic rings. The largest absolute Gasteiger partial charge is 1.00 e. The maximum Gasteiger partial charge on any atom is 1.00 e. The van der Waals surface area contributed by atoms with Gasteiger partial charge in [0.2, 0.25) is 12.6 Å². The Balaban J connectivity index is 0.00000968. The predicted molar refractivity (Wildman–Crippen MR) is 159 cm³/mol. The van der Waals surface area contributed by atoms with E-state index >= 15 is 0 Å². The second-order valence-corrected chi connectivity index (χ2v) is 16.1. The fraction of sp³-hybridized carbons (Fsp3) is 0.533. The summed E-state index contributed by atoms with van der Waals surface area (Å²) in [5.74, 6) is -0.260. The molecule has 0 bridgehead atoms. The molecular weight excluding hydrogens is 638 g/mol. The minimum atomic E-state index is -5.30. The second kappa shape index (κ2) is 17.1. The van der Waals surface area contributed by atoms with E-state index in [0.29, 0.717) is 17.9 Å². The van der Waals surface area contributed by atoms with Gasteiger partial charge in [-0.1, -0.05) is 30.3 Å². The van der Waals surface area contributed by atoms with Crippen molar-refractivity contribution in [1.29, 1.82) is 0 Å². The smallest absolute Gasteiger partial charge is 0.747 e. The van der Waals surface area contributed by atoms with Crippen molar-refractivity contribution < 1.29 is 102 Å². The van der Waals surface area contributed by atoms with Crippen molar-refractivity contribution in [3.8, 4) is 11.5 Å². The van der Waals surface area contributed by atoms with Crippen LogP contribution in [0.4, 0.5) is 0 Å². The number of hydrogen-bond acceptors (Lipinski definition) is 11. The molecule has 0 spiro atoms. The van der Waals surface area contributed by atoms with Gasteiger partial charge in [0.1, 0.15) is 21.6 Å². The Morgan fingerprint density at radius 1 is 0.818 bits per heavy atom. The van der Waals surface area contributed by atoms with Crippen molar-refractivity contribution >= 4 is 29.7 Å². The van der Waals surface area contributed by atoms with E-state index < -0.39 is 64.5 Å². The third-order valence-electron chi connectivity index (χ3n) is 5.84. The number of hydrogen-bond donors (Lipinski definition) is 0. The number of aryl methyl sites for hydroxylation is 1. The van der Waals surface area contributed by atoms with Gasteiger partial charge in [0.25, 0.3) is 0 Å². The molecule has 0 N–H and O–H groups in total. The van der Waals surface area contributed by atoms with Gasteiger partial charge in [-0.3, -0.25) is 23.2 Å². The average Bonchev–Trinajstić information content (AvgIpc) is 2.85. The first-order valence-electron chi connectivity index (χ1n) is 13.9. The maximum absolute atomic E-state index is 14.1. The van der Waals surface area contributed by atoms with Crippen LogP contribution >= 0.6 is 7.60 Å². The summed E-state index contributed by atoms with van der Waals surface area (Å²) >= 11 is 0. The van der Waals surface area contributed by atoms with Gasteiger partial charge in [-0.2, -0.15) is 0 Å². The van der Waals surface area contributed by atoms with Gasteiger partial charge >= 0.3 is 70.9 Å². The summed E-state index contributed by atoms with van der Waals surface area (Å²) in [5, 5.41) is 0. The third kappa shape index (κ3) is 13.7. The molecule has 2 aromatic carbocycles. The molecule has 14 heteroatoms. The summed E-state index contributed by atoms with van der Waals surface area (Å²) in [5.41, 5.74) is -1.14. The Hall–Kier alpha value is -1.12. The van der Waals surface area contributed by atoms with Crippen LogP contribution in [0.1, 0.15) is 73.8 Å². The van der Waals surface area contributed by atoms with Gasteiger partial charge in [-0.05, 0) is 104 Å². The normalized spacial score (nSPS) is 15.6. The molecule has 0 aliphatic heterocycles. The summed E-state index contributed by atoms with van der Waals surface area (Å²) in [4.78, 5) is 22.6. The van der Waals surface area contributed by atoms with Crippen molar-refractivity contribution in [2.24, 2.45) is 10.8 Å². The van der Waals surface area contributed by atoms with Gasteiger partial charge in [0.15, 0.2) is 4.99 Å². The van der Waals surface area contributed by atoms with Crippen LogP contribution in [-0.2, 0) is 49.2 Å². The van der Waals surface area contributed by atoms with Crippen molar-refractivity contribution in [3.63, 3.8) is 0 Å². The Labute approximate surface area is 303 Å². The van der Waals surface area contributed by atoms with Crippen LogP contribution in [0.5, 0.6) is 11.5 Å². The maximum atomic E-state index is 14.1. The predicted octanol–water partition coefficient (Wildman–Crippen LogP) is 3.77. The standard InChI is InChI=1S/C30H43O11PS.K/c1-21(37-27(31)29(3,4)5)40-42(33,41-22(2)38-28(32)30(6,7)8)26(43(34,35)36)19-13-15-23-14-12-18-25(20-23)39-24-16-10-9-11-17-24;/h9-12,14,16-18,20-22,26H,13,15,19H2,1-8H3,(H,34,35,36);/q;+1/p-1. The van der Waals surface area contributed by atoms with E-state index in [9.17, 15) is 27.1 Å². The van der Waals surface area contributed by atoms with E-state index in [1.807, 2.05) is 18.2 Å². The van der Waals surface area contributed by atoms with E-state index in [0.717, 1.165) is 5.56 Å². The number of para-hydroxylation sites is 1. The van der Waals surface area contributed by atoms with Gasteiger partial charge in [-0.15, -0.1) is 0 Å². The van der Waals surface area contributed by atoms with Gasteiger partial charge in [0.05, 0.1) is 10.8 Å². The fourth-order valence-electron chi connectivity index (χ4n) is 3.60. The zero-order valence-corrected chi connectivity index (χ0v) is 31.7. The number of ether oxygens (including phenoxy) is 3. The van der Waals surface area contributed by atoms with Crippen molar-refractivity contribution in [3.05, 3.63) is 60.2 Å². The molecule has 0 aromatic heterocycles. The quantitative estimate of drug-likeness (QED) is 0.0942. The minimum Gasteiger partial charge on any atom is -0.747 e. The summed E-state index contributed by atoms with van der Waals surface area (Å²) in [6.45, 7) is 11.9. The SMILES string of the molecule is CC(OC(=O)C(C)(C)C)OP(=O)(OC(C)OC(=O)C(C)(C)C)C(CCCc1cccc(Oc2ccccc2)c1)S(=O)(=O)[O-].[K+]. The average molecular weight is 681 g/mol. The third-order valence-corrected chi connectivity index (χ3v) is 10.4. The van der Waals surface area contributed by atoms with Gasteiger partial charge in [-0.25, -0.2) is 8.42 Å². The Kier molecular flexibility index (Phi) is 15.9. The molecule has 3 unspecified atom stereocenters. The molecule has 3 atom stereocenters. The molecule has 240 valence electrons. The molecule has 0 aliphatic carbocycles. The van der Waals surface area contributed by atoms with E-state index in [2.05, 4.69) is 0 Å². The van der Waals surface area contributed by atoms with Gasteiger partial charge in [0, 0.05) is 0 Å². The van der Waals surface area contributed by atoms with Crippen LogP contribution in [0.2, 0.25) is 0 Å². The van der Waals surface area contributed by atoms with Crippen molar-refractivity contribution in [1.82, 2.24) is 0 Å². The topological polar surface area (TPSA) is 155 Å². The first-order chi connectivity index (χ1) is 19.7. The van der Waals surface area contributed by atoms with Crippen molar-refractivity contribution in [2.75, 3.05) is 0 Å². The van der Waals surface area contributed by atoms with Crippen molar-refractivity contribution in [2.45, 2.75) is 92.2 Å². The number of esters is 2. The summed E-state index contributed by atoms with van der Waals surface area (Å²) in [7, 11) is -10.2. The fourth-order valence-corrected chi connectivity index (χ4v) is 7.36. The summed E-state index contributed by atoms with van der Waals surface area (Å²) in [6, 6.07) is 16.2. The molecule has 2 rings (SSSR count). The number of carbonyl (C=O) groups is 2. The molecule has 0 radical (unpaired) electrons.